The summed E-state index contributed by atoms with van der Waals surface area (Å²) in [5, 5.41) is 0. The van der Waals surface area contributed by atoms with Crippen molar-refractivity contribution in [2.24, 2.45) is 0 Å². The van der Waals surface area contributed by atoms with Crippen LogP contribution in [0.25, 0.3) is 0 Å². The molecule has 0 aliphatic heterocycles. The first kappa shape index (κ1) is 27.3. The standard InChI is InChI=1S/2C17H14As.Fe/c2*1-3-9-15(10-4-1)18(17-13-7-8-14-17)16-11-5-2-6-12-16;/h2*1-14H;/q-5;-1;. The summed E-state index contributed by atoms with van der Waals surface area (Å²) in [6.45, 7) is 0. The van der Waals surface area contributed by atoms with Crippen LogP contribution in [0.1, 0.15) is 0 Å². The van der Waals surface area contributed by atoms with Crippen molar-refractivity contribution in [2.75, 3.05) is 0 Å². The zero-order chi connectivity index (χ0) is 24.4. The number of hydrogen-bond acceptors (Lipinski definition) is 0. The maximum absolute atomic E-state index is 2.26. The van der Waals surface area contributed by atoms with Crippen LogP contribution in [-0.2, 0) is 17.1 Å². The number of rotatable bonds is 6. The zero-order valence-corrected chi connectivity index (χ0v) is 25.3. The molecule has 0 aliphatic carbocycles. The molecular weight excluding hydrogens is 614 g/mol. The molecule has 0 N–H and O–H groups in total. The van der Waals surface area contributed by atoms with Gasteiger partial charge >= 0.3 is 225 Å². The van der Waals surface area contributed by atoms with Gasteiger partial charge in [0, 0.05) is 17.1 Å². The van der Waals surface area contributed by atoms with E-state index in [1.807, 2.05) is 0 Å². The van der Waals surface area contributed by atoms with Gasteiger partial charge in [0.25, 0.3) is 0 Å². The van der Waals surface area contributed by atoms with Crippen molar-refractivity contribution < 1.29 is 17.1 Å². The van der Waals surface area contributed by atoms with Crippen LogP contribution in [0.15, 0.2) is 170 Å². The molecule has 0 heterocycles. The van der Waals surface area contributed by atoms with Gasteiger partial charge in [-0.15, -0.1) is 0 Å². The second kappa shape index (κ2) is 14.2. The van der Waals surface area contributed by atoms with E-state index < -0.39 is 29.3 Å². The Hall–Kier alpha value is -2.78. The maximum atomic E-state index is 2.26. The first-order valence-corrected chi connectivity index (χ1v) is 17.8. The van der Waals surface area contributed by atoms with Crippen molar-refractivity contribution >= 4 is 55.4 Å². The van der Waals surface area contributed by atoms with E-state index in [9.17, 15) is 0 Å². The number of benzene rings is 4. The molecule has 0 saturated heterocycles. The van der Waals surface area contributed by atoms with Crippen LogP contribution in [0.4, 0.5) is 0 Å². The van der Waals surface area contributed by atoms with Gasteiger partial charge in [0.2, 0.25) is 0 Å². The Morgan fingerprint density at radius 1 is 0.405 bits per heavy atom. The van der Waals surface area contributed by atoms with Gasteiger partial charge in [-0.25, -0.2) is 0 Å². The van der Waals surface area contributed by atoms with Gasteiger partial charge in [-0.2, -0.15) is 0 Å². The third-order valence-electron chi connectivity index (χ3n) is 5.86. The molecule has 0 radical (unpaired) electrons. The van der Waals surface area contributed by atoms with Gasteiger partial charge in [0.1, 0.15) is 0 Å². The van der Waals surface area contributed by atoms with Gasteiger partial charge < -0.3 is 0 Å². The van der Waals surface area contributed by atoms with E-state index in [-0.39, 0.29) is 17.1 Å². The molecule has 3 heteroatoms. The normalized spacial score (nSPS) is 10.4. The van der Waals surface area contributed by atoms with Crippen molar-refractivity contribution in [2.45, 2.75) is 0 Å². The Kier molecular flexibility index (Phi) is 10.5. The first-order valence-electron chi connectivity index (χ1n) is 12.1. The Morgan fingerprint density at radius 2 is 0.730 bits per heavy atom. The van der Waals surface area contributed by atoms with Crippen LogP contribution in [-0.4, -0.2) is 29.3 Å². The fourth-order valence-electron chi connectivity index (χ4n) is 4.23. The van der Waals surface area contributed by atoms with Crippen LogP contribution < -0.4 is 26.1 Å². The number of hydrogen-bond donors (Lipinski definition) is 0. The van der Waals surface area contributed by atoms with Crippen molar-refractivity contribution in [3.8, 4) is 0 Å². The van der Waals surface area contributed by atoms with Crippen molar-refractivity contribution in [1.82, 2.24) is 0 Å². The third-order valence-corrected chi connectivity index (χ3v) is 16.1. The fourth-order valence-corrected chi connectivity index (χ4v) is 13.9. The molecule has 188 valence electrons. The Bertz CT molecular complexity index is 1210. The van der Waals surface area contributed by atoms with Crippen LogP contribution in [0, 0.1) is 0 Å². The van der Waals surface area contributed by atoms with Gasteiger partial charge in [-0.05, 0) is 0 Å². The summed E-state index contributed by atoms with van der Waals surface area (Å²) >= 11 is -2.68. The van der Waals surface area contributed by atoms with E-state index in [2.05, 4.69) is 170 Å². The topological polar surface area (TPSA) is 0 Å². The minimum atomic E-state index is -1.34. The third kappa shape index (κ3) is 7.16. The second-order valence-corrected chi connectivity index (χ2v) is 17.6. The van der Waals surface area contributed by atoms with E-state index in [0.717, 1.165) is 0 Å². The summed E-state index contributed by atoms with van der Waals surface area (Å²) in [6.07, 6.45) is 0. The minimum absolute atomic E-state index is 0. The summed E-state index contributed by atoms with van der Waals surface area (Å²) < 4.78 is 8.95. The molecule has 0 aliphatic rings. The summed E-state index contributed by atoms with van der Waals surface area (Å²) in [5.41, 5.74) is 0. The summed E-state index contributed by atoms with van der Waals surface area (Å²) in [5.74, 6) is 0. The average molecular weight is 642 g/mol. The van der Waals surface area contributed by atoms with Crippen molar-refractivity contribution in [1.29, 1.82) is 0 Å². The van der Waals surface area contributed by atoms with Crippen molar-refractivity contribution in [3.05, 3.63) is 170 Å². The molecule has 6 aromatic carbocycles. The molecule has 37 heavy (non-hydrogen) atoms. The summed E-state index contributed by atoms with van der Waals surface area (Å²) in [7, 11) is 0. The molecule has 0 bridgehead atoms. The molecule has 0 amide bonds. The molecular formula is C34H28As2Fe-6. The molecule has 0 nitrogen and oxygen atoms in total. The van der Waals surface area contributed by atoms with E-state index in [1.165, 1.54) is 26.1 Å². The van der Waals surface area contributed by atoms with Crippen molar-refractivity contribution in [3.63, 3.8) is 0 Å². The van der Waals surface area contributed by atoms with E-state index in [4.69, 9.17) is 0 Å². The van der Waals surface area contributed by atoms with Gasteiger partial charge in [0.15, 0.2) is 0 Å². The zero-order valence-electron chi connectivity index (χ0n) is 20.4. The molecule has 6 rings (SSSR count). The van der Waals surface area contributed by atoms with Gasteiger partial charge in [0.05, 0.1) is 0 Å². The van der Waals surface area contributed by atoms with Gasteiger partial charge in [-0.1, -0.05) is 0 Å². The Balaban J connectivity index is 0.000000168. The quantitative estimate of drug-likeness (QED) is 0.192. The van der Waals surface area contributed by atoms with E-state index in [1.54, 1.807) is 0 Å². The van der Waals surface area contributed by atoms with E-state index in [0.29, 0.717) is 0 Å². The molecule has 0 atom stereocenters. The van der Waals surface area contributed by atoms with E-state index >= 15 is 0 Å². The van der Waals surface area contributed by atoms with Crippen LogP contribution >= 0.6 is 0 Å². The summed E-state index contributed by atoms with van der Waals surface area (Å²) in [4.78, 5) is 0. The van der Waals surface area contributed by atoms with Crippen LogP contribution in [0.3, 0.4) is 0 Å². The van der Waals surface area contributed by atoms with Crippen LogP contribution in [0.2, 0.25) is 0 Å². The van der Waals surface area contributed by atoms with Gasteiger partial charge in [-0.3, -0.25) is 0 Å². The monoisotopic (exact) mass is 642 g/mol. The molecule has 0 saturated carbocycles. The molecule has 0 unspecified atom stereocenters. The second-order valence-electron chi connectivity index (χ2n) is 8.30. The molecule has 0 aromatic heterocycles. The Morgan fingerprint density at radius 3 is 1.08 bits per heavy atom. The first-order chi connectivity index (χ1) is 17.9. The average Bonchev–Trinajstić information content (AvgIpc) is 3.68. The SMILES string of the molecule is [Fe].c1ccc([As](c2ccccc2)[c-]2[cH-][cH-][cH-][cH-]2)cc1.c1ccc([As](c2ccccc2)[c-]2cccc2)cc1. The molecule has 6 aromatic rings. The fraction of sp³-hybridized carbons (Fsp3) is 0. The molecule has 0 fully saturated rings. The predicted molar refractivity (Wildman–Crippen MR) is 159 cm³/mol. The molecule has 0 spiro atoms. The predicted octanol–water partition coefficient (Wildman–Crippen LogP) is 3.84. The summed E-state index contributed by atoms with van der Waals surface area (Å²) in [6, 6.07) is 61.2. The van der Waals surface area contributed by atoms with Crippen LogP contribution in [0.5, 0.6) is 0 Å². The Labute approximate surface area is 240 Å².